The van der Waals surface area contributed by atoms with Crippen molar-refractivity contribution in [2.75, 3.05) is 32.8 Å². The first kappa shape index (κ1) is 23.0. The Kier molecular flexibility index (Phi) is 6.50. The first-order chi connectivity index (χ1) is 15.8. The summed E-state index contributed by atoms with van der Waals surface area (Å²) in [6.45, 7) is 0.472. The maximum absolute atomic E-state index is 13.1. The summed E-state index contributed by atoms with van der Waals surface area (Å²) in [5, 5.41) is 12.6. The van der Waals surface area contributed by atoms with Gasteiger partial charge in [-0.3, -0.25) is 14.9 Å². The molecule has 33 heavy (non-hydrogen) atoms. The fourth-order valence-corrected chi connectivity index (χ4v) is 5.29. The van der Waals surface area contributed by atoms with E-state index in [1.807, 2.05) is 24.3 Å². The second-order valence-corrected chi connectivity index (χ2v) is 9.80. The van der Waals surface area contributed by atoms with Crippen molar-refractivity contribution in [1.82, 2.24) is 9.21 Å². The third kappa shape index (κ3) is 4.92. The number of nitro benzene ring substituents is 1. The quantitative estimate of drug-likeness (QED) is 0.388. The van der Waals surface area contributed by atoms with Gasteiger partial charge in [0.2, 0.25) is 10.0 Å². The maximum Gasteiger partial charge on any atom is 0.271 e. The predicted octanol–water partition coefficient (Wildman–Crippen LogP) is 3.31. The zero-order valence-corrected chi connectivity index (χ0v) is 19.0. The molecule has 1 aliphatic heterocycles. The van der Waals surface area contributed by atoms with Crippen molar-refractivity contribution in [2.45, 2.75) is 4.90 Å². The Morgan fingerprint density at radius 3 is 2.36 bits per heavy atom. The Labute approximate surface area is 195 Å². The number of rotatable bonds is 6. The molecule has 11 heteroatoms. The van der Waals surface area contributed by atoms with E-state index in [0.29, 0.717) is 0 Å². The van der Waals surface area contributed by atoms with Gasteiger partial charge in [-0.1, -0.05) is 41.9 Å². The molecule has 1 saturated heterocycles. The van der Waals surface area contributed by atoms with Gasteiger partial charge in [-0.15, -0.1) is 0 Å². The van der Waals surface area contributed by atoms with Crippen molar-refractivity contribution < 1.29 is 22.9 Å². The van der Waals surface area contributed by atoms with Gasteiger partial charge < -0.3 is 9.64 Å². The van der Waals surface area contributed by atoms with Crippen LogP contribution in [0.4, 0.5) is 5.69 Å². The number of halogens is 1. The van der Waals surface area contributed by atoms with Crippen molar-refractivity contribution in [3.05, 3.63) is 75.8 Å². The zero-order valence-electron chi connectivity index (χ0n) is 17.4. The van der Waals surface area contributed by atoms with E-state index >= 15 is 0 Å². The number of ether oxygens (including phenoxy) is 1. The molecule has 0 unspecified atom stereocenters. The molecule has 1 amide bonds. The number of nitro groups is 1. The molecule has 0 aromatic heterocycles. The van der Waals surface area contributed by atoms with Crippen LogP contribution in [0, 0.1) is 10.1 Å². The van der Waals surface area contributed by atoms with Crippen LogP contribution in [-0.4, -0.2) is 61.2 Å². The third-order valence-corrected chi connectivity index (χ3v) is 7.62. The average molecular weight is 490 g/mol. The number of benzene rings is 3. The molecule has 0 spiro atoms. The molecule has 0 saturated carbocycles. The van der Waals surface area contributed by atoms with E-state index in [9.17, 15) is 23.3 Å². The zero-order chi connectivity index (χ0) is 23.6. The molecule has 0 atom stereocenters. The van der Waals surface area contributed by atoms with Crippen LogP contribution in [0.2, 0.25) is 5.02 Å². The number of piperazine rings is 1. The first-order valence-electron chi connectivity index (χ1n) is 10.1. The lowest BCUT2D eigenvalue weighted by molar-refractivity contribution is -0.384. The fourth-order valence-electron chi connectivity index (χ4n) is 3.61. The molecule has 3 aromatic rings. The largest absolute Gasteiger partial charge is 0.482 e. The fraction of sp³-hybridized carbons (Fsp3) is 0.227. The summed E-state index contributed by atoms with van der Waals surface area (Å²) in [5.41, 5.74) is -0.178. The molecular weight excluding hydrogens is 470 g/mol. The van der Waals surface area contributed by atoms with E-state index in [-0.39, 0.29) is 60.0 Å². The molecule has 0 aliphatic carbocycles. The number of carbonyl (C=O) groups excluding carboxylic acids is 1. The third-order valence-electron chi connectivity index (χ3n) is 5.43. The molecule has 9 nitrogen and oxygen atoms in total. The second kappa shape index (κ2) is 9.34. The van der Waals surface area contributed by atoms with Crippen LogP contribution in [-0.2, 0) is 14.8 Å². The summed E-state index contributed by atoms with van der Waals surface area (Å²) >= 11 is 5.98. The number of nitrogens with zero attached hydrogens (tertiary/aromatic N) is 3. The lowest BCUT2D eigenvalue weighted by atomic mass is 10.1. The normalized spacial score (nSPS) is 14.9. The van der Waals surface area contributed by atoms with Crippen molar-refractivity contribution in [3.63, 3.8) is 0 Å². The molecule has 1 aliphatic rings. The van der Waals surface area contributed by atoms with Crippen molar-refractivity contribution in [3.8, 4) is 5.75 Å². The SMILES string of the molecule is O=C(COc1ccc([N+](=O)[O-])cc1Cl)N1CCN(S(=O)(=O)c2ccc3ccccc3c2)CC1. The Bertz CT molecular complexity index is 1320. The van der Waals surface area contributed by atoms with Gasteiger partial charge in [-0.2, -0.15) is 4.31 Å². The molecule has 1 heterocycles. The Balaban J connectivity index is 1.36. The highest BCUT2D eigenvalue weighted by Crippen LogP contribution is 2.29. The lowest BCUT2D eigenvalue weighted by Gasteiger charge is -2.34. The van der Waals surface area contributed by atoms with E-state index in [0.717, 1.165) is 16.8 Å². The highest BCUT2D eigenvalue weighted by molar-refractivity contribution is 7.89. The molecule has 0 radical (unpaired) electrons. The summed E-state index contributed by atoms with van der Waals surface area (Å²) in [4.78, 5) is 24.5. The molecule has 4 rings (SSSR count). The summed E-state index contributed by atoms with van der Waals surface area (Å²) < 4.78 is 32.9. The van der Waals surface area contributed by atoms with Gasteiger partial charge in [0.05, 0.1) is 14.8 Å². The summed E-state index contributed by atoms with van der Waals surface area (Å²) in [5.74, 6) is -0.166. The standard InChI is InChI=1S/C22H20ClN3O6S/c23-20-14-18(26(28)29)6-8-21(20)32-15-22(27)24-9-11-25(12-10-24)33(30,31)19-7-5-16-3-1-2-4-17(16)13-19/h1-8,13-14H,9-12,15H2. The topological polar surface area (TPSA) is 110 Å². The minimum Gasteiger partial charge on any atom is -0.482 e. The predicted molar refractivity (Wildman–Crippen MR) is 123 cm³/mol. The lowest BCUT2D eigenvalue weighted by Crippen LogP contribution is -2.51. The van der Waals surface area contributed by atoms with Gasteiger partial charge >= 0.3 is 0 Å². The van der Waals surface area contributed by atoms with Gasteiger partial charge in [0, 0.05) is 38.3 Å². The van der Waals surface area contributed by atoms with Gasteiger partial charge in [0.15, 0.2) is 6.61 Å². The molecule has 172 valence electrons. The highest BCUT2D eigenvalue weighted by atomic mass is 35.5. The minimum absolute atomic E-state index is 0.0308. The summed E-state index contributed by atoms with van der Waals surface area (Å²) in [7, 11) is -3.68. The van der Waals surface area contributed by atoms with Crippen LogP contribution in [0.15, 0.2) is 65.6 Å². The van der Waals surface area contributed by atoms with Crippen LogP contribution in [0.25, 0.3) is 10.8 Å². The number of carbonyl (C=O) groups is 1. The average Bonchev–Trinajstić information content (AvgIpc) is 2.82. The van der Waals surface area contributed by atoms with Crippen LogP contribution < -0.4 is 4.74 Å². The van der Waals surface area contributed by atoms with E-state index in [1.165, 1.54) is 21.3 Å². The van der Waals surface area contributed by atoms with Crippen LogP contribution in [0.5, 0.6) is 5.75 Å². The van der Waals surface area contributed by atoms with Crippen molar-refractivity contribution in [1.29, 1.82) is 0 Å². The van der Waals surface area contributed by atoms with E-state index in [4.69, 9.17) is 16.3 Å². The Morgan fingerprint density at radius 2 is 1.70 bits per heavy atom. The van der Waals surface area contributed by atoms with Gasteiger partial charge in [0.1, 0.15) is 5.75 Å². The molecule has 1 fully saturated rings. The number of sulfonamides is 1. The minimum atomic E-state index is -3.68. The van der Waals surface area contributed by atoms with Crippen LogP contribution >= 0.6 is 11.6 Å². The van der Waals surface area contributed by atoms with Crippen molar-refractivity contribution in [2.24, 2.45) is 0 Å². The monoisotopic (exact) mass is 489 g/mol. The molecular formula is C22H20ClN3O6S. The van der Waals surface area contributed by atoms with E-state index in [1.54, 1.807) is 18.2 Å². The summed E-state index contributed by atoms with van der Waals surface area (Å²) in [6.07, 6.45) is 0. The second-order valence-electron chi connectivity index (χ2n) is 7.45. The van der Waals surface area contributed by atoms with Gasteiger partial charge in [-0.25, -0.2) is 8.42 Å². The van der Waals surface area contributed by atoms with Crippen LogP contribution in [0.3, 0.4) is 0 Å². The van der Waals surface area contributed by atoms with E-state index in [2.05, 4.69) is 0 Å². The molecule has 0 N–H and O–H groups in total. The van der Waals surface area contributed by atoms with Gasteiger partial charge in [-0.05, 0) is 29.0 Å². The Morgan fingerprint density at radius 1 is 1.00 bits per heavy atom. The number of hydrogen-bond donors (Lipinski definition) is 0. The Hall–Kier alpha value is -3.21. The van der Waals surface area contributed by atoms with Gasteiger partial charge in [0.25, 0.3) is 11.6 Å². The molecule has 3 aromatic carbocycles. The number of hydrogen-bond acceptors (Lipinski definition) is 6. The highest BCUT2D eigenvalue weighted by Gasteiger charge is 2.30. The molecule has 0 bridgehead atoms. The summed E-state index contributed by atoms with van der Waals surface area (Å²) in [6, 6.07) is 16.3. The maximum atomic E-state index is 13.1. The van der Waals surface area contributed by atoms with Crippen molar-refractivity contribution >= 4 is 44.0 Å². The first-order valence-corrected chi connectivity index (χ1v) is 11.9. The smallest absolute Gasteiger partial charge is 0.271 e. The number of amides is 1. The number of non-ortho nitro benzene ring substituents is 1. The number of fused-ring (bicyclic) bond motifs is 1. The van der Waals surface area contributed by atoms with Crippen LogP contribution in [0.1, 0.15) is 0 Å². The van der Waals surface area contributed by atoms with E-state index < -0.39 is 14.9 Å².